The van der Waals surface area contributed by atoms with Crippen molar-refractivity contribution in [3.05, 3.63) is 58.3 Å². The first-order valence-corrected chi connectivity index (χ1v) is 7.12. The van der Waals surface area contributed by atoms with Crippen molar-refractivity contribution in [3.8, 4) is 11.5 Å². The molecule has 22 heavy (non-hydrogen) atoms. The van der Waals surface area contributed by atoms with Gasteiger partial charge in [-0.3, -0.25) is 10.1 Å². The van der Waals surface area contributed by atoms with E-state index in [1.165, 1.54) is 12.3 Å². The first kappa shape index (κ1) is 14.2. The molecular weight excluding hydrogens is 304 g/mol. The predicted octanol–water partition coefficient (Wildman–Crippen LogP) is 3.50. The van der Waals surface area contributed by atoms with Crippen LogP contribution in [0, 0.1) is 17.0 Å². The second-order valence-corrected chi connectivity index (χ2v) is 5.42. The summed E-state index contributed by atoms with van der Waals surface area (Å²) in [5, 5.41) is 19.4. The standard InChI is InChI=1S/C14H10N4O3S/c1-9-2-4-10(5-3-9)13-16-17-14(21-13)22-12-7-6-11(8-15-12)18(19)20/h2-8H,1H3. The van der Waals surface area contributed by atoms with E-state index in [1.54, 1.807) is 6.07 Å². The molecule has 3 rings (SSSR count). The Morgan fingerprint density at radius 1 is 1.14 bits per heavy atom. The Morgan fingerprint density at radius 2 is 1.91 bits per heavy atom. The molecule has 110 valence electrons. The SMILES string of the molecule is Cc1ccc(-c2nnc(Sc3ccc([N+](=O)[O-])cn3)o2)cc1. The molecule has 2 aromatic heterocycles. The second-order valence-electron chi connectivity index (χ2n) is 4.45. The maximum atomic E-state index is 10.6. The average Bonchev–Trinajstić information content (AvgIpc) is 2.97. The number of nitro groups is 1. The summed E-state index contributed by atoms with van der Waals surface area (Å²) in [7, 11) is 0. The Labute approximate surface area is 129 Å². The number of nitrogens with zero attached hydrogens (tertiary/aromatic N) is 4. The minimum Gasteiger partial charge on any atom is -0.411 e. The molecular formula is C14H10N4O3S. The summed E-state index contributed by atoms with van der Waals surface area (Å²) in [6.07, 6.45) is 1.19. The van der Waals surface area contributed by atoms with Crippen molar-refractivity contribution in [2.24, 2.45) is 0 Å². The van der Waals surface area contributed by atoms with Gasteiger partial charge in [0, 0.05) is 11.6 Å². The third-order valence-electron chi connectivity index (χ3n) is 2.83. The van der Waals surface area contributed by atoms with Gasteiger partial charge in [0.1, 0.15) is 11.2 Å². The van der Waals surface area contributed by atoms with E-state index in [-0.39, 0.29) is 5.69 Å². The normalized spacial score (nSPS) is 10.6. The fourth-order valence-corrected chi connectivity index (χ4v) is 2.32. The topological polar surface area (TPSA) is 95.0 Å². The van der Waals surface area contributed by atoms with Gasteiger partial charge in [0.15, 0.2) is 0 Å². The maximum absolute atomic E-state index is 10.6. The van der Waals surface area contributed by atoms with Gasteiger partial charge < -0.3 is 4.42 Å². The van der Waals surface area contributed by atoms with E-state index < -0.39 is 4.92 Å². The van der Waals surface area contributed by atoms with Crippen molar-refractivity contribution in [2.45, 2.75) is 17.2 Å². The van der Waals surface area contributed by atoms with Gasteiger partial charge in [0.25, 0.3) is 10.9 Å². The quantitative estimate of drug-likeness (QED) is 0.537. The molecule has 0 aliphatic heterocycles. The first-order chi connectivity index (χ1) is 10.6. The van der Waals surface area contributed by atoms with Crippen molar-refractivity contribution >= 4 is 17.4 Å². The molecule has 0 aliphatic carbocycles. The smallest absolute Gasteiger partial charge is 0.287 e. The number of benzene rings is 1. The van der Waals surface area contributed by atoms with E-state index in [9.17, 15) is 10.1 Å². The van der Waals surface area contributed by atoms with Crippen molar-refractivity contribution < 1.29 is 9.34 Å². The molecule has 0 spiro atoms. The van der Waals surface area contributed by atoms with E-state index in [4.69, 9.17) is 4.42 Å². The molecule has 0 saturated heterocycles. The van der Waals surface area contributed by atoms with Gasteiger partial charge in [0.05, 0.1) is 4.92 Å². The largest absolute Gasteiger partial charge is 0.411 e. The number of hydrogen-bond acceptors (Lipinski definition) is 7. The van der Waals surface area contributed by atoms with Gasteiger partial charge in [0.2, 0.25) is 5.89 Å². The van der Waals surface area contributed by atoms with Gasteiger partial charge in [-0.25, -0.2) is 4.98 Å². The van der Waals surface area contributed by atoms with Crippen LogP contribution < -0.4 is 0 Å². The highest BCUT2D eigenvalue weighted by Gasteiger charge is 2.12. The zero-order valence-corrected chi connectivity index (χ0v) is 12.3. The highest BCUT2D eigenvalue weighted by atomic mass is 32.2. The fraction of sp³-hybridized carbons (Fsp3) is 0.0714. The predicted molar refractivity (Wildman–Crippen MR) is 79.5 cm³/mol. The van der Waals surface area contributed by atoms with Gasteiger partial charge in [-0.1, -0.05) is 17.7 Å². The molecule has 0 aliphatic rings. The summed E-state index contributed by atoms with van der Waals surface area (Å²) in [6.45, 7) is 2.00. The van der Waals surface area contributed by atoms with Gasteiger partial charge >= 0.3 is 0 Å². The van der Waals surface area contributed by atoms with Crippen LogP contribution in [0.25, 0.3) is 11.5 Å². The molecule has 0 amide bonds. The van der Waals surface area contributed by atoms with Crippen molar-refractivity contribution in [1.29, 1.82) is 0 Å². The summed E-state index contributed by atoms with van der Waals surface area (Å²) >= 11 is 1.15. The van der Waals surface area contributed by atoms with Crippen LogP contribution in [0.2, 0.25) is 0 Å². The lowest BCUT2D eigenvalue weighted by atomic mass is 10.1. The zero-order chi connectivity index (χ0) is 15.5. The second kappa shape index (κ2) is 5.94. The summed E-state index contributed by atoms with van der Waals surface area (Å²) in [5.74, 6) is 0.421. The van der Waals surface area contributed by atoms with Crippen LogP contribution >= 0.6 is 11.8 Å². The summed E-state index contributed by atoms with van der Waals surface area (Å²) < 4.78 is 5.56. The van der Waals surface area contributed by atoms with Crippen LogP contribution in [0.15, 0.2) is 57.3 Å². The van der Waals surface area contributed by atoms with Crippen LogP contribution in [0.1, 0.15) is 5.56 Å². The Morgan fingerprint density at radius 3 is 2.55 bits per heavy atom. The van der Waals surface area contributed by atoms with E-state index in [1.807, 2.05) is 31.2 Å². The fourth-order valence-electron chi connectivity index (χ4n) is 1.69. The van der Waals surface area contributed by atoms with Crippen LogP contribution in [0.5, 0.6) is 0 Å². The lowest BCUT2D eigenvalue weighted by molar-refractivity contribution is -0.385. The molecule has 3 aromatic rings. The third kappa shape index (κ3) is 3.12. The maximum Gasteiger partial charge on any atom is 0.287 e. The molecule has 1 aromatic carbocycles. The molecule has 0 bridgehead atoms. The molecule has 0 atom stereocenters. The van der Waals surface area contributed by atoms with Crippen LogP contribution in [-0.4, -0.2) is 20.1 Å². The number of pyridine rings is 1. The molecule has 0 fully saturated rings. The molecule has 8 heteroatoms. The number of rotatable bonds is 4. The molecule has 0 unspecified atom stereocenters. The van der Waals surface area contributed by atoms with Gasteiger partial charge in [-0.05, 0) is 36.9 Å². The van der Waals surface area contributed by atoms with E-state index >= 15 is 0 Å². The Bertz CT molecular complexity index is 800. The van der Waals surface area contributed by atoms with Crippen LogP contribution in [-0.2, 0) is 0 Å². The highest BCUT2D eigenvalue weighted by Crippen LogP contribution is 2.28. The zero-order valence-electron chi connectivity index (χ0n) is 11.5. The van der Waals surface area contributed by atoms with Crippen molar-refractivity contribution in [1.82, 2.24) is 15.2 Å². The number of hydrogen-bond donors (Lipinski definition) is 0. The summed E-state index contributed by atoms with van der Waals surface area (Å²) in [6, 6.07) is 10.7. The minimum atomic E-state index is -0.496. The van der Waals surface area contributed by atoms with Crippen molar-refractivity contribution in [2.75, 3.05) is 0 Å². The van der Waals surface area contributed by atoms with Crippen molar-refractivity contribution in [3.63, 3.8) is 0 Å². The highest BCUT2D eigenvalue weighted by molar-refractivity contribution is 7.99. The third-order valence-corrected chi connectivity index (χ3v) is 3.62. The molecule has 7 nitrogen and oxygen atoms in total. The van der Waals surface area contributed by atoms with Crippen LogP contribution in [0.4, 0.5) is 5.69 Å². The Kier molecular flexibility index (Phi) is 3.84. The molecule has 0 radical (unpaired) electrons. The number of aromatic nitrogens is 3. The Balaban J connectivity index is 1.76. The molecule has 2 heterocycles. The lowest BCUT2D eigenvalue weighted by Crippen LogP contribution is -1.89. The van der Waals surface area contributed by atoms with E-state index in [0.717, 1.165) is 22.9 Å². The van der Waals surface area contributed by atoms with E-state index in [2.05, 4.69) is 15.2 Å². The minimum absolute atomic E-state index is 0.0600. The number of aryl methyl sites for hydroxylation is 1. The van der Waals surface area contributed by atoms with E-state index in [0.29, 0.717) is 16.1 Å². The van der Waals surface area contributed by atoms with Gasteiger partial charge in [-0.2, -0.15) is 0 Å². The molecule has 0 N–H and O–H groups in total. The Hall–Kier alpha value is -2.74. The lowest BCUT2D eigenvalue weighted by Gasteiger charge is -1.96. The summed E-state index contributed by atoms with van der Waals surface area (Å²) in [4.78, 5) is 14.1. The molecule has 0 saturated carbocycles. The monoisotopic (exact) mass is 314 g/mol. The van der Waals surface area contributed by atoms with Crippen LogP contribution in [0.3, 0.4) is 0 Å². The van der Waals surface area contributed by atoms with Gasteiger partial charge in [-0.15, -0.1) is 10.2 Å². The average molecular weight is 314 g/mol. The first-order valence-electron chi connectivity index (χ1n) is 6.30. The summed E-state index contributed by atoms with van der Waals surface area (Å²) in [5.41, 5.74) is 1.92.